The molecule has 0 aliphatic carbocycles. The molecule has 144 valence electrons. The number of rotatable bonds is 5. The van der Waals surface area contributed by atoms with Crippen LogP contribution >= 0.6 is 12.2 Å². The summed E-state index contributed by atoms with van der Waals surface area (Å²) in [6.07, 6.45) is 0. The molecule has 0 unspecified atom stereocenters. The molecule has 0 aliphatic rings. The van der Waals surface area contributed by atoms with E-state index in [0.29, 0.717) is 11.7 Å². The van der Waals surface area contributed by atoms with E-state index in [1.165, 1.54) is 4.57 Å². The highest BCUT2D eigenvalue weighted by Gasteiger charge is 2.22. The Morgan fingerprint density at radius 2 is 1.64 bits per heavy atom. The van der Waals surface area contributed by atoms with Crippen LogP contribution in [-0.2, 0) is 13.1 Å². The van der Waals surface area contributed by atoms with Crippen molar-refractivity contribution in [2.24, 2.45) is 0 Å². The van der Waals surface area contributed by atoms with E-state index in [1.807, 2.05) is 60.7 Å². The van der Waals surface area contributed by atoms with Gasteiger partial charge in [-0.25, -0.2) is 4.79 Å². The predicted octanol–water partition coefficient (Wildman–Crippen LogP) is 1.68. The van der Waals surface area contributed by atoms with Gasteiger partial charge in [0.15, 0.2) is 10.8 Å². The summed E-state index contributed by atoms with van der Waals surface area (Å²) >= 11 is 5.40. The van der Waals surface area contributed by atoms with E-state index in [4.69, 9.17) is 18.0 Å². The van der Waals surface area contributed by atoms with Crippen molar-refractivity contribution in [2.75, 3.05) is 17.7 Å². The van der Waals surface area contributed by atoms with Gasteiger partial charge in [-0.3, -0.25) is 14.3 Å². The second kappa shape index (κ2) is 8.53. The van der Waals surface area contributed by atoms with E-state index in [9.17, 15) is 9.59 Å². The summed E-state index contributed by atoms with van der Waals surface area (Å²) in [5.74, 6) is 0.0612. The van der Waals surface area contributed by atoms with Crippen LogP contribution in [0.25, 0.3) is 0 Å². The largest absolute Gasteiger partial charge is 0.383 e. The van der Waals surface area contributed by atoms with Gasteiger partial charge in [-0.15, -0.1) is 0 Å². The lowest BCUT2D eigenvalue weighted by Gasteiger charge is -2.26. The lowest BCUT2D eigenvalue weighted by Crippen LogP contribution is -2.44. The first kappa shape index (κ1) is 19.4. The van der Waals surface area contributed by atoms with Crippen molar-refractivity contribution in [1.29, 1.82) is 0 Å². The zero-order valence-electron chi connectivity index (χ0n) is 15.4. The second-order valence-corrected chi connectivity index (χ2v) is 6.58. The molecule has 0 bridgehead atoms. The normalized spacial score (nSPS) is 10.5. The second-order valence-electron chi connectivity index (χ2n) is 6.19. The molecule has 0 fully saturated rings. The van der Waals surface area contributed by atoms with Gasteiger partial charge < -0.3 is 16.0 Å². The van der Waals surface area contributed by atoms with Gasteiger partial charge in [-0.1, -0.05) is 60.7 Å². The molecule has 1 aromatic heterocycles. The fourth-order valence-corrected chi connectivity index (χ4v) is 3.07. The molecule has 3 aromatic rings. The Kier molecular flexibility index (Phi) is 5.90. The van der Waals surface area contributed by atoms with Crippen molar-refractivity contribution in [3.8, 4) is 0 Å². The molecular formula is C20H21N5O2S. The van der Waals surface area contributed by atoms with E-state index in [2.05, 4.69) is 10.3 Å². The van der Waals surface area contributed by atoms with Crippen LogP contribution < -0.4 is 27.2 Å². The maximum Gasteiger partial charge on any atom is 0.330 e. The van der Waals surface area contributed by atoms with E-state index >= 15 is 0 Å². The first-order valence-electron chi connectivity index (χ1n) is 8.71. The number of hydrogen-bond donors (Lipinski definition) is 3. The molecule has 0 saturated heterocycles. The van der Waals surface area contributed by atoms with Gasteiger partial charge in [-0.05, 0) is 23.3 Å². The lowest BCUT2D eigenvalue weighted by molar-refractivity contribution is 0.729. The Hall–Kier alpha value is -3.39. The van der Waals surface area contributed by atoms with Crippen molar-refractivity contribution < 1.29 is 0 Å². The standard InChI is InChI=1S/C20H21N5O2S/c1-22-20(28)24(12-14-8-4-2-5-9-14)16-17(21)25(19(27)23-18(16)26)13-15-10-6-3-7-11-15/h2-11H,12-13,21H2,1H3,(H,22,28)(H,23,26,27). The number of benzene rings is 2. The Morgan fingerprint density at radius 3 is 2.21 bits per heavy atom. The first-order chi connectivity index (χ1) is 13.5. The molecule has 0 saturated carbocycles. The maximum atomic E-state index is 12.6. The monoisotopic (exact) mass is 395 g/mol. The zero-order chi connectivity index (χ0) is 20.1. The molecule has 2 aromatic carbocycles. The summed E-state index contributed by atoms with van der Waals surface area (Å²) in [7, 11) is 1.67. The highest BCUT2D eigenvalue weighted by Crippen LogP contribution is 2.20. The molecule has 3 rings (SSSR count). The molecule has 0 atom stereocenters. The van der Waals surface area contributed by atoms with Crippen LogP contribution in [-0.4, -0.2) is 21.7 Å². The summed E-state index contributed by atoms with van der Waals surface area (Å²) in [6, 6.07) is 19.0. The number of nitrogens with two attached hydrogens (primary N) is 1. The number of nitrogens with zero attached hydrogens (tertiary/aromatic N) is 2. The van der Waals surface area contributed by atoms with Gasteiger partial charge in [0, 0.05) is 7.05 Å². The molecular weight excluding hydrogens is 374 g/mol. The highest BCUT2D eigenvalue weighted by atomic mass is 32.1. The smallest absolute Gasteiger partial charge is 0.330 e. The Balaban J connectivity index is 2.09. The highest BCUT2D eigenvalue weighted by molar-refractivity contribution is 7.80. The molecule has 4 N–H and O–H groups in total. The summed E-state index contributed by atoms with van der Waals surface area (Å²) in [4.78, 5) is 29.0. The van der Waals surface area contributed by atoms with Crippen LogP contribution in [0.15, 0.2) is 70.3 Å². The predicted molar refractivity (Wildman–Crippen MR) is 116 cm³/mol. The average molecular weight is 395 g/mol. The minimum Gasteiger partial charge on any atom is -0.383 e. The van der Waals surface area contributed by atoms with E-state index in [1.54, 1.807) is 11.9 Å². The van der Waals surface area contributed by atoms with Crippen molar-refractivity contribution in [3.63, 3.8) is 0 Å². The van der Waals surface area contributed by atoms with Gasteiger partial charge in [0.05, 0.1) is 13.1 Å². The maximum absolute atomic E-state index is 12.6. The number of H-pyrrole nitrogens is 1. The van der Waals surface area contributed by atoms with Crippen LogP contribution in [0.1, 0.15) is 11.1 Å². The van der Waals surface area contributed by atoms with E-state index in [0.717, 1.165) is 11.1 Å². The number of aromatic amines is 1. The topological polar surface area (TPSA) is 96.2 Å². The Morgan fingerprint density at radius 1 is 1.07 bits per heavy atom. The minimum absolute atomic E-state index is 0.0612. The third-order valence-corrected chi connectivity index (χ3v) is 4.73. The summed E-state index contributed by atoms with van der Waals surface area (Å²) in [6.45, 7) is 0.568. The van der Waals surface area contributed by atoms with Crippen LogP contribution in [0.3, 0.4) is 0 Å². The summed E-state index contributed by atoms with van der Waals surface area (Å²) in [5, 5.41) is 3.21. The van der Waals surface area contributed by atoms with Crippen LogP contribution in [0.4, 0.5) is 11.5 Å². The number of nitrogens with one attached hydrogen (secondary N) is 2. The molecule has 28 heavy (non-hydrogen) atoms. The molecule has 0 spiro atoms. The van der Waals surface area contributed by atoms with Crippen LogP contribution in [0, 0.1) is 0 Å². The number of nitrogen functional groups attached to an aromatic ring is 1. The fourth-order valence-electron chi connectivity index (χ4n) is 2.91. The van der Waals surface area contributed by atoms with Gasteiger partial charge >= 0.3 is 5.69 Å². The molecule has 0 aliphatic heterocycles. The van der Waals surface area contributed by atoms with Gasteiger partial charge in [0.25, 0.3) is 5.56 Å². The quantitative estimate of drug-likeness (QED) is 0.569. The third kappa shape index (κ3) is 4.12. The van der Waals surface area contributed by atoms with E-state index in [-0.39, 0.29) is 18.1 Å². The van der Waals surface area contributed by atoms with Crippen molar-refractivity contribution >= 4 is 28.8 Å². The SMILES string of the molecule is CNC(=S)N(Cc1ccccc1)c1c(N)n(Cc2ccccc2)c(=O)[nH]c1=O. The van der Waals surface area contributed by atoms with Gasteiger partial charge in [0.2, 0.25) is 0 Å². The number of aromatic nitrogens is 2. The first-order valence-corrected chi connectivity index (χ1v) is 9.11. The van der Waals surface area contributed by atoms with Crippen LogP contribution in [0.5, 0.6) is 0 Å². The third-order valence-electron chi connectivity index (χ3n) is 4.31. The average Bonchev–Trinajstić information content (AvgIpc) is 2.71. The molecule has 7 nitrogen and oxygen atoms in total. The van der Waals surface area contributed by atoms with Crippen LogP contribution in [0.2, 0.25) is 0 Å². The number of anilines is 2. The Labute approximate surface area is 167 Å². The zero-order valence-corrected chi connectivity index (χ0v) is 16.2. The van der Waals surface area contributed by atoms with Crippen molar-refractivity contribution in [1.82, 2.24) is 14.9 Å². The van der Waals surface area contributed by atoms with Crippen molar-refractivity contribution in [3.05, 3.63) is 92.6 Å². The number of hydrogen-bond acceptors (Lipinski definition) is 4. The van der Waals surface area contributed by atoms with Gasteiger partial charge in [0.1, 0.15) is 5.82 Å². The minimum atomic E-state index is -0.583. The summed E-state index contributed by atoms with van der Waals surface area (Å²) < 4.78 is 1.34. The number of thiocarbonyl (C=S) groups is 1. The fraction of sp³-hybridized carbons (Fsp3) is 0.150. The molecule has 0 amide bonds. The van der Waals surface area contributed by atoms with Crippen molar-refractivity contribution in [2.45, 2.75) is 13.1 Å². The Bertz CT molecular complexity index is 1080. The molecule has 1 heterocycles. The van der Waals surface area contributed by atoms with Gasteiger partial charge in [-0.2, -0.15) is 0 Å². The molecule has 0 radical (unpaired) electrons. The van der Waals surface area contributed by atoms with E-state index < -0.39 is 11.2 Å². The molecule has 8 heteroatoms. The lowest BCUT2D eigenvalue weighted by atomic mass is 10.2. The summed E-state index contributed by atoms with van der Waals surface area (Å²) in [5.41, 5.74) is 7.12.